The van der Waals surface area contributed by atoms with Crippen molar-refractivity contribution in [1.29, 1.82) is 5.26 Å². The van der Waals surface area contributed by atoms with Crippen molar-refractivity contribution in [2.24, 2.45) is 5.92 Å². The molecule has 0 radical (unpaired) electrons. The van der Waals surface area contributed by atoms with Crippen LogP contribution in [-0.4, -0.2) is 26.1 Å². The van der Waals surface area contributed by atoms with Crippen LogP contribution in [0.2, 0.25) is 0 Å². The van der Waals surface area contributed by atoms with Crippen LogP contribution in [0, 0.1) is 24.2 Å². The Morgan fingerprint density at radius 3 is 2.75 bits per heavy atom. The minimum Gasteiger partial charge on any atom is -0.496 e. The topological polar surface area (TPSA) is 59.3 Å². The number of methoxy groups -OCH3 is 1. The number of benzene rings is 1. The fraction of sp³-hybridized carbons (Fsp3) is 0.500. The van der Waals surface area contributed by atoms with Gasteiger partial charge in [-0.05, 0) is 37.0 Å². The van der Waals surface area contributed by atoms with E-state index in [4.69, 9.17) is 9.47 Å². The predicted octanol–water partition coefficient (Wildman–Crippen LogP) is 2.61. The van der Waals surface area contributed by atoms with Crippen LogP contribution < -0.4 is 4.74 Å². The molecule has 0 aromatic heterocycles. The van der Waals surface area contributed by atoms with Gasteiger partial charge < -0.3 is 9.47 Å². The summed E-state index contributed by atoms with van der Waals surface area (Å²) in [4.78, 5) is 12.5. The highest BCUT2D eigenvalue weighted by atomic mass is 16.5. The molecular weight excluding hydrogens is 254 g/mol. The summed E-state index contributed by atoms with van der Waals surface area (Å²) < 4.78 is 10.5. The Labute approximate surface area is 119 Å². The Bertz CT molecular complexity index is 527. The molecule has 4 nitrogen and oxygen atoms in total. The number of ketones is 1. The minimum absolute atomic E-state index is 0.00158. The van der Waals surface area contributed by atoms with E-state index in [-0.39, 0.29) is 11.7 Å². The molecule has 1 fully saturated rings. The van der Waals surface area contributed by atoms with E-state index in [1.807, 2.05) is 19.1 Å². The van der Waals surface area contributed by atoms with Gasteiger partial charge in [0.2, 0.25) is 0 Å². The van der Waals surface area contributed by atoms with Gasteiger partial charge in [-0.1, -0.05) is 12.1 Å². The Hall–Kier alpha value is -1.86. The molecule has 1 aliphatic heterocycles. The second kappa shape index (κ2) is 6.53. The zero-order valence-electron chi connectivity index (χ0n) is 11.9. The lowest BCUT2D eigenvalue weighted by Gasteiger charge is -2.23. The lowest BCUT2D eigenvalue weighted by molar-refractivity contribution is -0.126. The maximum atomic E-state index is 12.5. The summed E-state index contributed by atoms with van der Waals surface area (Å²) >= 11 is 0. The van der Waals surface area contributed by atoms with Crippen molar-refractivity contribution in [3.63, 3.8) is 0 Å². The number of hydrogen-bond donors (Lipinski definition) is 0. The molecule has 0 saturated carbocycles. The third-order valence-corrected chi connectivity index (χ3v) is 3.80. The summed E-state index contributed by atoms with van der Waals surface area (Å²) in [6, 6.07) is 7.65. The van der Waals surface area contributed by atoms with E-state index in [0.717, 1.165) is 5.56 Å². The maximum Gasteiger partial charge on any atom is 0.157 e. The normalized spacial score (nSPS) is 17.2. The summed E-state index contributed by atoms with van der Waals surface area (Å²) in [5.74, 6) is -0.0717. The second-order valence-corrected chi connectivity index (χ2v) is 5.08. The number of nitrogens with zero attached hydrogens (tertiary/aromatic N) is 1. The van der Waals surface area contributed by atoms with E-state index < -0.39 is 5.92 Å². The number of ether oxygens (including phenoxy) is 2. The average Bonchev–Trinajstić information content (AvgIpc) is 2.50. The molecule has 4 heteroatoms. The maximum absolute atomic E-state index is 12.5. The molecule has 1 aliphatic rings. The highest BCUT2D eigenvalue weighted by Gasteiger charge is 2.29. The first-order valence-corrected chi connectivity index (χ1v) is 6.83. The molecule has 1 unspecified atom stereocenters. The third kappa shape index (κ3) is 3.00. The Morgan fingerprint density at radius 2 is 2.15 bits per heavy atom. The van der Waals surface area contributed by atoms with Crippen LogP contribution >= 0.6 is 0 Å². The SMILES string of the molecule is COc1cc(C(C#N)C(=O)C2CCOCC2)ccc1C. The van der Waals surface area contributed by atoms with E-state index in [1.54, 1.807) is 13.2 Å². The van der Waals surface area contributed by atoms with Gasteiger partial charge in [-0.3, -0.25) is 4.79 Å². The van der Waals surface area contributed by atoms with E-state index in [0.29, 0.717) is 37.4 Å². The number of nitriles is 1. The quantitative estimate of drug-likeness (QED) is 0.846. The van der Waals surface area contributed by atoms with Crippen LogP contribution in [0.4, 0.5) is 0 Å². The highest BCUT2D eigenvalue weighted by molar-refractivity contribution is 5.90. The molecule has 20 heavy (non-hydrogen) atoms. The van der Waals surface area contributed by atoms with Gasteiger partial charge in [0.05, 0.1) is 13.2 Å². The Balaban J connectivity index is 2.23. The zero-order valence-corrected chi connectivity index (χ0v) is 11.9. The highest BCUT2D eigenvalue weighted by Crippen LogP contribution is 2.29. The molecule has 1 aromatic carbocycles. The van der Waals surface area contributed by atoms with Crippen molar-refractivity contribution in [2.75, 3.05) is 20.3 Å². The average molecular weight is 273 g/mol. The van der Waals surface area contributed by atoms with E-state index in [2.05, 4.69) is 6.07 Å². The van der Waals surface area contributed by atoms with Gasteiger partial charge in [-0.25, -0.2) is 0 Å². The van der Waals surface area contributed by atoms with E-state index >= 15 is 0 Å². The van der Waals surface area contributed by atoms with Crippen molar-refractivity contribution in [3.05, 3.63) is 29.3 Å². The molecular formula is C16H19NO3. The summed E-state index contributed by atoms with van der Waals surface area (Å²) in [5.41, 5.74) is 1.71. The number of hydrogen-bond acceptors (Lipinski definition) is 4. The van der Waals surface area contributed by atoms with Crippen molar-refractivity contribution in [3.8, 4) is 11.8 Å². The zero-order chi connectivity index (χ0) is 14.5. The Morgan fingerprint density at radius 1 is 1.45 bits per heavy atom. The number of Topliss-reactive ketones (excluding diaryl/α,β-unsaturated/α-hetero) is 1. The van der Waals surface area contributed by atoms with Gasteiger partial charge in [0.1, 0.15) is 11.7 Å². The number of rotatable bonds is 4. The third-order valence-electron chi connectivity index (χ3n) is 3.80. The molecule has 0 aliphatic carbocycles. The lowest BCUT2D eigenvalue weighted by Crippen LogP contribution is -2.27. The fourth-order valence-corrected chi connectivity index (χ4v) is 2.54. The molecule has 1 atom stereocenters. The predicted molar refractivity (Wildman–Crippen MR) is 74.6 cm³/mol. The lowest BCUT2D eigenvalue weighted by atomic mass is 9.84. The van der Waals surface area contributed by atoms with Crippen LogP contribution in [0.25, 0.3) is 0 Å². The first-order chi connectivity index (χ1) is 9.67. The molecule has 1 aromatic rings. The van der Waals surface area contributed by atoms with Crippen LogP contribution in [0.1, 0.15) is 29.9 Å². The summed E-state index contributed by atoms with van der Waals surface area (Å²) in [5, 5.41) is 9.37. The summed E-state index contributed by atoms with van der Waals surface area (Å²) in [6.45, 7) is 3.14. The smallest absolute Gasteiger partial charge is 0.157 e. The van der Waals surface area contributed by atoms with Crippen LogP contribution in [0.15, 0.2) is 18.2 Å². The monoisotopic (exact) mass is 273 g/mol. The largest absolute Gasteiger partial charge is 0.496 e. The first kappa shape index (κ1) is 14.5. The van der Waals surface area contributed by atoms with Crippen molar-refractivity contribution >= 4 is 5.78 Å². The molecule has 1 saturated heterocycles. The summed E-state index contributed by atoms with van der Waals surface area (Å²) in [7, 11) is 1.59. The van der Waals surface area contributed by atoms with Gasteiger partial charge in [0.25, 0.3) is 0 Å². The van der Waals surface area contributed by atoms with Crippen LogP contribution in [-0.2, 0) is 9.53 Å². The molecule has 0 N–H and O–H groups in total. The molecule has 1 heterocycles. The van der Waals surface area contributed by atoms with Crippen molar-refractivity contribution < 1.29 is 14.3 Å². The first-order valence-electron chi connectivity index (χ1n) is 6.83. The molecule has 106 valence electrons. The summed E-state index contributed by atoms with van der Waals surface area (Å²) in [6.07, 6.45) is 1.42. The van der Waals surface area contributed by atoms with Gasteiger partial charge in [-0.15, -0.1) is 0 Å². The van der Waals surface area contributed by atoms with E-state index in [1.165, 1.54) is 0 Å². The minimum atomic E-state index is -0.715. The number of aryl methyl sites for hydroxylation is 1. The van der Waals surface area contributed by atoms with Crippen LogP contribution in [0.5, 0.6) is 5.75 Å². The fourth-order valence-electron chi connectivity index (χ4n) is 2.54. The standard InChI is InChI=1S/C16H19NO3/c1-11-3-4-13(9-15(11)19-2)14(10-17)16(18)12-5-7-20-8-6-12/h3-4,9,12,14H,5-8H2,1-2H3. The Kier molecular flexibility index (Phi) is 4.75. The molecule has 0 spiro atoms. The second-order valence-electron chi connectivity index (χ2n) is 5.08. The van der Waals surface area contributed by atoms with Crippen molar-refractivity contribution in [2.45, 2.75) is 25.7 Å². The van der Waals surface area contributed by atoms with Gasteiger partial charge in [0.15, 0.2) is 5.78 Å². The van der Waals surface area contributed by atoms with Gasteiger partial charge in [0, 0.05) is 19.1 Å². The molecule has 2 rings (SSSR count). The molecule has 0 amide bonds. The van der Waals surface area contributed by atoms with Gasteiger partial charge >= 0.3 is 0 Å². The van der Waals surface area contributed by atoms with Gasteiger partial charge in [-0.2, -0.15) is 5.26 Å². The van der Waals surface area contributed by atoms with Crippen molar-refractivity contribution in [1.82, 2.24) is 0 Å². The van der Waals surface area contributed by atoms with Crippen LogP contribution in [0.3, 0.4) is 0 Å². The number of carbonyl (C=O) groups is 1. The number of carbonyl (C=O) groups excluding carboxylic acids is 1. The van der Waals surface area contributed by atoms with E-state index in [9.17, 15) is 10.1 Å². The molecule has 0 bridgehead atoms.